The zero-order valence-electron chi connectivity index (χ0n) is 18.1. The van der Waals surface area contributed by atoms with Gasteiger partial charge in [-0.1, -0.05) is 27.2 Å². The number of fused-ring (bicyclic) bond motifs is 3. The molecule has 2 N–H and O–H groups in total. The Labute approximate surface area is 196 Å². The lowest BCUT2D eigenvalue weighted by molar-refractivity contribution is 0.0934. The van der Waals surface area contributed by atoms with Gasteiger partial charge in [0.25, 0.3) is 5.91 Å². The Morgan fingerprint density at radius 3 is 2.67 bits per heavy atom. The van der Waals surface area contributed by atoms with E-state index in [1.165, 1.54) is 16.9 Å². The van der Waals surface area contributed by atoms with E-state index in [-0.39, 0.29) is 12.1 Å². The van der Waals surface area contributed by atoms with Crippen molar-refractivity contribution >= 4 is 44.8 Å². The molecule has 0 radical (unpaired) electrons. The number of halogens is 1. The standard InChI is InChI=1S/C23H29IN2O3S/c1-6-23(2,3)13-7-8-14-17(11-13)30-22-18(14)21(27)25-20(26-22)12-9-15(24)19(29-5)16(10-12)28-4/h9-10,13,20,26H,6-8,11H2,1-5H3,(H,25,27). The summed E-state index contributed by atoms with van der Waals surface area (Å²) in [5.74, 6) is 2.06. The van der Waals surface area contributed by atoms with Crippen molar-refractivity contribution in [3.63, 3.8) is 0 Å². The van der Waals surface area contributed by atoms with E-state index in [2.05, 4.69) is 54.0 Å². The Morgan fingerprint density at radius 1 is 1.23 bits per heavy atom. The van der Waals surface area contributed by atoms with Crippen LogP contribution in [0.5, 0.6) is 11.5 Å². The average molecular weight is 540 g/mol. The number of ether oxygens (including phenoxy) is 2. The van der Waals surface area contributed by atoms with Crippen molar-refractivity contribution in [3.8, 4) is 11.5 Å². The van der Waals surface area contributed by atoms with Gasteiger partial charge in [0.15, 0.2) is 11.5 Å². The highest BCUT2D eigenvalue weighted by atomic mass is 127. The van der Waals surface area contributed by atoms with E-state index in [9.17, 15) is 4.79 Å². The lowest BCUT2D eigenvalue weighted by Crippen LogP contribution is -2.38. The van der Waals surface area contributed by atoms with Gasteiger partial charge < -0.3 is 20.1 Å². The van der Waals surface area contributed by atoms with E-state index in [0.717, 1.165) is 39.0 Å². The SMILES string of the molecule is CCC(C)(C)C1CCc2c(sc3c2C(=O)NC(c2cc(I)c(OC)c(OC)c2)N3)C1. The molecule has 7 heteroatoms. The lowest BCUT2D eigenvalue weighted by Gasteiger charge is -2.36. The van der Waals surface area contributed by atoms with Crippen LogP contribution in [0, 0.1) is 14.9 Å². The highest BCUT2D eigenvalue weighted by molar-refractivity contribution is 14.1. The van der Waals surface area contributed by atoms with E-state index < -0.39 is 0 Å². The maximum absolute atomic E-state index is 13.1. The predicted molar refractivity (Wildman–Crippen MR) is 130 cm³/mol. The summed E-state index contributed by atoms with van der Waals surface area (Å²) in [4.78, 5) is 14.5. The van der Waals surface area contributed by atoms with Gasteiger partial charge in [-0.25, -0.2) is 0 Å². The molecule has 4 rings (SSSR count). The maximum Gasteiger partial charge on any atom is 0.256 e. The summed E-state index contributed by atoms with van der Waals surface area (Å²) in [7, 11) is 3.26. The highest BCUT2D eigenvalue weighted by Crippen LogP contribution is 2.47. The number of methoxy groups -OCH3 is 2. The fourth-order valence-electron chi connectivity index (χ4n) is 4.53. The summed E-state index contributed by atoms with van der Waals surface area (Å²) in [6.45, 7) is 7.02. The van der Waals surface area contributed by atoms with Crippen LogP contribution in [0.1, 0.15) is 66.1 Å². The predicted octanol–water partition coefficient (Wildman–Crippen LogP) is 5.77. The highest BCUT2D eigenvalue weighted by Gasteiger charge is 2.37. The normalized spacial score (nSPS) is 20.7. The third-order valence-corrected chi connectivity index (χ3v) is 8.84. The van der Waals surface area contributed by atoms with Crippen LogP contribution in [-0.2, 0) is 12.8 Å². The number of rotatable bonds is 5. The minimum absolute atomic E-state index is 0.0178. The van der Waals surface area contributed by atoms with Gasteiger partial charge in [-0.15, -0.1) is 11.3 Å². The molecule has 0 saturated heterocycles. The summed E-state index contributed by atoms with van der Waals surface area (Å²) in [5, 5.41) is 7.72. The molecule has 1 amide bonds. The molecule has 1 aromatic heterocycles. The molecule has 0 spiro atoms. The number of nitrogens with one attached hydrogen (secondary N) is 2. The van der Waals surface area contributed by atoms with Gasteiger partial charge in [0, 0.05) is 4.88 Å². The van der Waals surface area contributed by atoms with Crippen molar-refractivity contribution in [2.24, 2.45) is 11.3 Å². The third-order valence-electron chi connectivity index (χ3n) is 6.85. The number of carbonyl (C=O) groups excluding carboxylic acids is 1. The largest absolute Gasteiger partial charge is 0.493 e. The number of hydrogen-bond acceptors (Lipinski definition) is 5. The van der Waals surface area contributed by atoms with E-state index in [1.54, 1.807) is 25.6 Å². The Morgan fingerprint density at radius 2 is 2.00 bits per heavy atom. The molecule has 2 atom stereocenters. The zero-order valence-corrected chi connectivity index (χ0v) is 21.1. The molecule has 2 unspecified atom stereocenters. The quantitative estimate of drug-likeness (QED) is 0.474. The van der Waals surface area contributed by atoms with Gasteiger partial charge in [0.1, 0.15) is 11.2 Å². The molecule has 5 nitrogen and oxygen atoms in total. The molecule has 30 heavy (non-hydrogen) atoms. The number of anilines is 1. The van der Waals surface area contributed by atoms with Crippen molar-refractivity contribution in [2.75, 3.05) is 19.5 Å². The molecule has 0 saturated carbocycles. The summed E-state index contributed by atoms with van der Waals surface area (Å²) >= 11 is 4.00. The molecule has 1 aliphatic carbocycles. The van der Waals surface area contributed by atoms with Gasteiger partial charge in [-0.05, 0) is 76.4 Å². The average Bonchev–Trinajstić information content (AvgIpc) is 3.11. The van der Waals surface area contributed by atoms with Crippen molar-refractivity contribution in [1.82, 2.24) is 5.32 Å². The number of benzene rings is 1. The fourth-order valence-corrected chi connectivity index (χ4v) is 6.72. The second-order valence-corrected chi connectivity index (χ2v) is 11.0. The van der Waals surface area contributed by atoms with Crippen LogP contribution in [0.3, 0.4) is 0 Å². The van der Waals surface area contributed by atoms with E-state index >= 15 is 0 Å². The molecule has 162 valence electrons. The Hall–Kier alpha value is -1.48. The van der Waals surface area contributed by atoms with Crippen LogP contribution in [-0.4, -0.2) is 20.1 Å². The van der Waals surface area contributed by atoms with Crippen LogP contribution >= 0.6 is 33.9 Å². The fraction of sp³-hybridized carbons (Fsp3) is 0.522. The Balaban J connectivity index is 1.65. The number of carbonyl (C=O) groups is 1. The first-order chi connectivity index (χ1) is 14.3. The third kappa shape index (κ3) is 3.68. The Kier molecular flexibility index (Phi) is 5.96. The molecule has 0 bridgehead atoms. The number of thiophene rings is 1. The van der Waals surface area contributed by atoms with Crippen molar-refractivity contribution in [2.45, 2.75) is 52.6 Å². The van der Waals surface area contributed by atoms with Crippen LogP contribution in [0.4, 0.5) is 5.00 Å². The van der Waals surface area contributed by atoms with Crippen molar-refractivity contribution in [1.29, 1.82) is 0 Å². The van der Waals surface area contributed by atoms with E-state index in [4.69, 9.17) is 9.47 Å². The summed E-state index contributed by atoms with van der Waals surface area (Å²) < 4.78 is 11.9. The first-order valence-electron chi connectivity index (χ1n) is 10.4. The topological polar surface area (TPSA) is 59.6 Å². The first-order valence-corrected chi connectivity index (χ1v) is 12.3. The second kappa shape index (κ2) is 8.22. The molecule has 0 fully saturated rings. The van der Waals surface area contributed by atoms with Gasteiger partial charge in [0.05, 0.1) is 23.4 Å². The first kappa shape index (κ1) is 21.7. The minimum atomic E-state index is -0.290. The van der Waals surface area contributed by atoms with Gasteiger partial charge >= 0.3 is 0 Å². The van der Waals surface area contributed by atoms with E-state index in [0.29, 0.717) is 22.8 Å². The maximum atomic E-state index is 13.1. The molecule has 2 aliphatic rings. The minimum Gasteiger partial charge on any atom is -0.493 e. The summed E-state index contributed by atoms with van der Waals surface area (Å²) in [6.07, 6.45) is 4.10. The molecule has 2 heterocycles. The summed E-state index contributed by atoms with van der Waals surface area (Å²) in [5.41, 5.74) is 3.39. The lowest BCUT2D eigenvalue weighted by atomic mass is 9.69. The number of hydrogen-bond donors (Lipinski definition) is 2. The molecular formula is C23H29IN2O3S. The van der Waals surface area contributed by atoms with Crippen LogP contribution < -0.4 is 20.1 Å². The van der Waals surface area contributed by atoms with Crippen LogP contribution in [0.2, 0.25) is 0 Å². The van der Waals surface area contributed by atoms with Crippen molar-refractivity contribution < 1.29 is 14.3 Å². The van der Waals surface area contributed by atoms with E-state index in [1.807, 2.05) is 12.1 Å². The van der Waals surface area contributed by atoms with Gasteiger partial charge in [-0.2, -0.15) is 0 Å². The molecule has 1 aliphatic heterocycles. The van der Waals surface area contributed by atoms with Gasteiger partial charge in [0.2, 0.25) is 0 Å². The monoisotopic (exact) mass is 540 g/mol. The molecule has 2 aromatic rings. The van der Waals surface area contributed by atoms with Crippen LogP contribution in [0.15, 0.2) is 12.1 Å². The Bertz CT molecular complexity index is 985. The van der Waals surface area contributed by atoms with Gasteiger partial charge in [-0.3, -0.25) is 4.79 Å². The van der Waals surface area contributed by atoms with Crippen LogP contribution in [0.25, 0.3) is 0 Å². The van der Waals surface area contributed by atoms with Crippen molar-refractivity contribution in [3.05, 3.63) is 37.3 Å². The summed E-state index contributed by atoms with van der Waals surface area (Å²) in [6, 6.07) is 3.95. The smallest absolute Gasteiger partial charge is 0.256 e. The molecule has 1 aromatic carbocycles. The zero-order chi connectivity index (χ0) is 21.6. The molecular weight excluding hydrogens is 511 g/mol. The second-order valence-electron chi connectivity index (χ2n) is 8.78. The number of amides is 1.